The molecular weight excluding hydrogens is 396 g/mol. The number of carbonyl (C=O) groups excluding carboxylic acids is 2. The minimum atomic E-state index is -0.637. The standard InChI is InChI=1S/C24H36N2O5/c1-13(2)7-15-11-26-12-19(27)17-9-22(30-6)21(29-5)8-16(17)18(26)10-20(15)31-24(28)23(25)14(3)4/h8-9,13-15,18,20,23H,7,10-12,25H2,1-6H3/t15-,18-,20-,23+/m1/s1. The molecule has 0 amide bonds. The molecule has 2 N–H and O–H groups in total. The van der Waals surface area contributed by atoms with Crippen molar-refractivity contribution in [2.45, 2.75) is 58.7 Å². The molecule has 0 radical (unpaired) electrons. The molecule has 1 fully saturated rings. The molecule has 0 aromatic heterocycles. The van der Waals surface area contributed by atoms with Crippen molar-refractivity contribution < 1.29 is 23.8 Å². The lowest BCUT2D eigenvalue weighted by Gasteiger charge is -2.46. The topological polar surface area (TPSA) is 91.1 Å². The molecular formula is C24H36N2O5. The molecule has 31 heavy (non-hydrogen) atoms. The molecule has 0 spiro atoms. The molecule has 2 aliphatic rings. The van der Waals surface area contributed by atoms with Crippen LogP contribution >= 0.6 is 0 Å². The van der Waals surface area contributed by atoms with Crippen LogP contribution in [0.15, 0.2) is 12.1 Å². The highest BCUT2D eigenvalue weighted by molar-refractivity contribution is 6.01. The molecule has 172 valence electrons. The van der Waals surface area contributed by atoms with Gasteiger partial charge in [0.05, 0.1) is 20.8 Å². The molecule has 7 heteroatoms. The summed E-state index contributed by atoms with van der Waals surface area (Å²) in [6, 6.07) is 3.00. The first-order chi connectivity index (χ1) is 14.7. The average molecular weight is 433 g/mol. The molecule has 3 rings (SSSR count). The first kappa shape index (κ1) is 23.5. The summed E-state index contributed by atoms with van der Waals surface area (Å²) < 4.78 is 16.9. The quantitative estimate of drug-likeness (QED) is 0.662. The second-order valence-electron chi connectivity index (χ2n) is 9.53. The fraction of sp³-hybridized carbons (Fsp3) is 0.667. The fourth-order valence-electron chi connectivity index (χ4n) is 4.76. The van der Waals surface area contributed by atoms with Gasteiger partial charge in [-0.05, 0) is 36.0 Å². The zero-order chi connectivity index (χ0) is 22.9. The number of fused-ring (bicyclic) bond motifs is 3. The smallest absolute Gasteiger partial charge is 0.323 e. The van der Waals surface area contributed by atoms with Crippen LogP contribution in [-0.2, 0) is 9.53 Å². The van der Waals surface area contributed by atoms with Crippen molar-refractivity contribution in [2.24, 2.45) is 23.5 Å². The lowest BCUT2D eigenvalue weighted by atomic mass is 9.78. The Balaban J connectivity index is 1.94. The molecule has 0 bridgehead atoms. The van der Waals surface area contributed by atoms with Crippen LogP contribution in [0.3, 0.4) is 0 Å². The van der Waals surface area contributed by atoms with E-state index in [1.54, 1.807) is 20.3 Å². The predicted molar refractivity (Wildman–Crippen MR) is 118 cm³/mol. The Labute approximate surface area is 185 Å². The Kier molecular flexibility index (Phi) is 7.27. The fourth-order valence-corrected chi connectivity index (χ4v) is 4.76. The number of piperidine rings is 1. The number of rotatable bonds is 7. The summed E-state index contributed by atoms with van der Waals surface area (Å²) >= 11 is 0. The van der Waals surface area contributed by atoms with Crippen molar-refractivity contribution in [3.05, 3.63) is 23.3 Å². The van der Waals surface area contributed by atoms with E-state index in [4.69, 9.17) is 19.9 Å². The largest absolute Gasteiger partial charge is 0.493 e. The van der Waals surface area contributed by atoms with Gasteiger partial charge in [-0.1, -0.05) is 27.7 Å². The average Bonchev–Trinajstić information content (AvgIpc) is 2.72. The van der Waals surface area contributed by atoms with E-state index in [0.717, 1.165) is 12.0 Å². The second kappa shape index (κ2) is 9.57. The molecule has 1 aromatic rings. The maximum absolute atomic E-state index is 12.9. The number of nitrogens with two attached hydrogens (primary N) is 1. The molecule has 1 aromatic carbocycles. The molecule has 7 nitrogen and oxygen atoms in total. The SMILES string of the molecule is COc1cc2c(cc1OC)[C@H]1C[C@@H](OC(=O)[C@@H](N)C(C)C)[C@H](CC(C)C)CN1CC2=O. The molecule has 1 saturated heterocycles. The summed E-state index contributed by atoms with van der Waals surface area (Å²) in [5.41, 5.74) is 7.63. The van der Waals surface area contributed by atoms with Crippen LogP contribution in [0.5, 0.6) is 11.5 Å². The third-order valence-electron chi connectivity index (χ3n) is 6.49. The normalized spacial score (nSPS) is 24.5. The van der Waals surface area contributed by atoms with E-state index in [1.165, 1.54) is 0 Å². The first-order valence-electron chi connectivity index (χ1n) is 11.1. The van der Waals surface area contributed by atoms with Crippen molar-refractivity contribution >= 4 is 11.8 Å². The number of hydrogen-bond donors (Lipinski definition) is 1. The highest BCUT2D eigenvalue weighted by Crippen LogP contribution is 2.44. The molecule has 4 atom stereocenters. The van der Waals surface area contributed by atoms with E-state index in [-0.39, 0.29) is 35.7 Å². The predicted octanol–water partition coefficient (Wildman–Crippen LogP) is 3.20. The van der Waals surface area contributed by atoms with Gasteiger partial charge in [0, 0.05) is 30.5 Å². The third-order valence-corrected chi connectivity index (χ3v) is 6.49. The number of benzene rings is 1. The lowest BCUT2D eigenvalue weighted by molar-refractivity contribution is -0.160. The summed E-state index contributed by atoms with van der Waals surface area (Å²) in [7, 11) is 3.15. The van der Waals surface area contributed by atoms with Crippen LogP contribution in [0.1, 0.15) is 62.5 Å². The Morgan fingerprint density at radius 2 is 1.81 bits per heavy atom. The van der Waals surface area contributed by atoms with Crippen molar-refractivity contribution in [1.82, 2.24) is 4.90 Å². The van der Waals surface area contributed by atoms with Crippen LogP contribution in [0.2, 0.25) is 0 Å². The number of ketones is 1. The Morgan fingerprint density at radius 3 is 2.39 bits per heavy atom. The van der Waals surface area contributed by atoms with Crippen LogP contribution in [0, 0.1) is 17.8 Å². The monoisotopic (exact) mass is 432 g/mol. The van der Waals surface area contributed by atoms with Gasteiger partial charge in [-0.15, -0.1) is 0 Å². The Bertz CT molecular complexity index is 822. The van der Waals surface area contributed by atoms with E-state index in [1.807, 2.05) is 19.9 Å². The number of carbonyl (C=O) groups is 2. The highest BCUT2D eigenvalue weighted by atomic mass is 16.5. The number of methoxy groups -OCH3 is 2. The highest BCUT2D eigenvalue weighted by Gasteiger charge is 2.43. The molecule has 2 heterocycles. The van der Waals surface area contributed by atoms with Gasteiger partial charge >= 0.3 is 5.97 Å². The van der Waals surface area contributed by atoms with Crippen molar-refractivity contribution in [3.8, 4) is 11.5 Å². The van der Waals surface area contributed by atoms with Crippen LogP contribution < -0.4 is 15.2 Å². The number of hydrogen-bond acceptors (Lipinski definition) is 7. The Morgan fingerprint density at radius 1 is 1.16 bits per heavy atom. The summed E-state index contributed by atoms with van der Waals surface area (Å²) in [6.07, 6.45) is 1.31. The number of nitrogens with zero attached hydrogens (tertiary/aromatic N) is 1. The molecule has 2 aliphatic heterocycles. The van der Waals surface area contributed by atoms with Crippen molar-refractivity contribution in [1.29, 1.82) is 0 Å². The first-order valence-corrected chi connectivity index (χ1v) is 11.1. The zero-order valence-electron chi connectivity index (χ0n) is 19.5. The van der Waals surface area contributed by atoms with Crippen LogP contribution in [0.25, 0.3) is 0 Å². The van der Waals surface area contributed by atoms with E-state index in [0.29, 0.717) is 42.5 Å². The Hall–Kier alpha value is -2.12. The second-order valence-corrected chi connectivity index (χ2v) is 9.53. The van der Waals surface area contributed by atoms with E-state index < -0.39 is 6.04 Å². The van der Waals surface area contributed by atoms with Gasteiger partial charge < -0.3 is 19.9 Å². The maximum Gasteiger partial charge on any atom is 0.323 e. The van der Waals surface area contributed by atoms with Gasteiger partial charge in [0.15, 0.2) is 17.3 Å². The van der Waals surface area contributed by atoms with Crippen LogP contribution in [0.4, 0.5) is 0 Å². The number of Topliss-reactive ketones (excluding diaryl/α,β-unsaturated/α-hetero) is 1. The molecule has 0 aliphatic carbocycles. The minimum Gasteiger partial charge on any atom is -0.493 e. The summed E-state index contributed by atoms with van der Waals surface area (Å²) in [5, 5.41) is 0. The molecule has 0 unspecified atom stereocenters. The van der Waals surface area contributed by atoms with Gasteiger partial charge in [-0.2, -0.15) is 0 Å². The number of ether oxygens (including phenoxy) is 3. The summed E-state index contributed by atoms with van der Waals surface area (Å²) in [5.74, 6) is 1.50. The van der Waals surface area contributed by atoms with Crippen molar-refractivity contribution in [3.63, 3.8) is 0 Å². The van der Waals surface area contributed by atoms with Gasteiger partial charge in [0.2, 0.25) is 0 Å². The zero-order valence-corrected chi connectivity index (χ0v) is 19.5. The van der Waals surface area contributed by atoms with E-state index in [2.05, 4.69) is 18.7 Å². The molecule has 0 saturated carbocycles. The van der Waals surface area contributed by atoms with Gasteiger partial charge in [-0.3, -0.25) is 14.5 Å². The van der Waals surface area contributed by atoms with E-state index in [9.17, 15) is 9.59 Å². The summed E-state index contributed by atoms with van der Waals surface area (Å²) in [6.45, 7) is 9.23. The third kappa shape index (κ3) is 4.88. The summed E-state index contributed by atoms with van der Waals surface area (Å²) in [4.78, 5) is 27.8. The van der Waals surface area contributed by atoms with Crippen LogP contribution in [-0.4, -0.2) is 56.1 Å². The van der Waals surface area contributed by atoms with Gasteiger partial charge in [-0.25, -0.2) is 0 Å². The van der Waals surface area contributed by atoms with Gasteiger partial charge in [0.1, 0.15) is 12.1 Å². The van der Waals surface area contributed by atoms with E-state index >= 15 is 0 Å². The minimum absolute atomic E-state index is 0.0147. The lowest BCUT2D eigenvalue weighted by Crippen LogP contribution is -2.52. The van der Waals surface area contributed by atoms with Crippen molar-refractivity contribution in [2.75, 3.05) is 27.3 Å². The number of esters is 1. The maximum atomic E-state index is 12.9. The van der Waals surface area contributed by atoms with Gasteiger partial charge in [0.25, 0.3) is 0 Å².